The average molecular weight is 267 g/mol. The molecule has 1 N–H and O–H groups in total. The minimum Gasteiger partial charge on any atom is -0.385 e. The van der Waals surface area contributed by atoms with Gasteiger partial charge in [-0.1, -0.05) is 0 Å². The summed E-state index contributed by atoms with van der Waals surface area (Å²) in [7, 11) is 0. The number of nitrogens with one attached hydrogen (secondary N) is 1. The van der Waals surface area contributed by atoms with Gasteiger partial charge in [0.2, 0.25) is 0 Å². The molecule has 0 aromatic carbocycles. The molecule has 1 heterocycles. The van der Waals surface area contributed by atoms with Crippen molar-refractivity contribution in [3.63, 3.8) is 0 Å². The second kappa shape index (κ2) is 4.77. The van der Waals surface area contributed by atoms with Gasteiger partial charge < -0.3 is 5.32 Å². The van der Waals surface area contributed by atoms with Crippen LogP contribution < -0.4 is 5.32 Å². The maximum atomic E-state index is 8.90. The van der Waals surface area contributed by atoms with Crippen LogP contribution in [0.2, 0.25) is 0 Å². The van der Waals surface area contributed by atoms with Crippen LogP contribution in [0, 0.1) is 40.9 Å². The van der Waals surface area contributed by atoms with Crippen LogP contribution in [-0.2, 0) is 0 Å². The number of rotatable bonds is 3. The van der Waals surface area contributed by atoms with E-state index < -0.39 is 0 Å². The molecule has 3 nitrogen and oxygen atoms in total. The van der Waals surface area contributed by atoms with Gasteiger partial charge in [-0.15, -0.1) is 0 Å². The Morgan fingerprint density at radius 1 is 1.15 bits per heavy atom. The molecule has 20 heavy (non-hydrogen) atoms. The zero-order valence-corrected chi connectivity index (χ0v) is 11.8. The molecular weight excluding hydrogens is 246 g/mol. The molecule has 3 heteroatoms. The van der Waals surface area contributed by atoms with Crippen LogP contribution in [0.1, 0.15) is 37.8 Å². The Hall–Kier alpha value is -1.56. The van der Waals surface area contributed by atoms with Crippen molar-refractivity contribution in [2.24, 2.45) is 29.6 Å². The average Bonchev–Trinajstić information content (AvgIpc) is 2.46. The predicted octanol–water partition coefficient (Wildman–Crippen LogP) is 3.44. The summed E-state index contributed by atoms with van der Waals surface area (Å²) in [5.41, 5.74) is 1.55. The predicted molar refractivity (Wildman–Crippen MR) is 78.0 cm³/mol. The molecule has 1 aromatic rings. The molecule has 0 spiro atoms. The number of hydrogen-bond acceptors (Lipinski definition) is 3. The van der Waals surface area contributed by atoms with E-state index in [1.54, 1.807) is 6.20 Å². The molecule has 4 bridgehead atoms. The fourth-order valence-electron chi connectivity index (χ4n) is 5.21. The third-order valence-electron chi connectivity index (χ3n) is 5.84. The van der Waals surface area contributed by atoms with Crippen molar-refractivity contribution in [3.05, 3.63) is 24.0 Å². The Bertz CT molecular complexity index is 517. The number of anilines is 1. The second-order valence-corrected chi connectivity index (χ2v) is 7.02. The van der Waals surface area contributed by atoms with Gasteiger partial charge in [-0.05, 0) is 73.8 Å². The van der Waals surface area contributed by atoms with E-state index in [1.807, 2.05) is 12.1 Å². The highest BCUT2D eigenvalue weighted by molar-refractivity contribution is 5.45. The van der Waals surface area contributed by atoms with Crippen molar-refractivity contribution in [1.29, 1.82) is 5.26 Å². The third-order valence-corrected chi connectivity index (χ3v) is 5.84. The zero-order chi connectivity index (χ0) is 13.5. The van der Waals surface area contributed by atoms with Crippen LogP contribution in [0.4, 0.5) is 5.69 Å². The maximum Gasteiger partial charge on any atom is 0.142 e. The first-order chi connectivity index (χ1) is 9.81. The normalized spacial score (nSPS) is 37.6. The van der Waals surface area contributed by atoms with Gasteiger partial charge in [0, 0.05) is 18.4 Å². The summed E-state index contributed by atoms with van der Waals surface area (Å²) in [5, 5.41) is 12.5. The summed E-state index contributed by atoms with van der Waals surface area (Å²) in [4.78, 5) is 4.02. The van der Waals surface area contributed by atoms with Crippen LogP contribution in [0.25, 0.3) is 0 Å². The first-order valence-corrected chi connectivity index (χ1v) is 7.92. The number of nitriles is 1. The lowest BCUT2D eigenvalue weighted by Gasteiger charge is -2.54. The summed E-state index contributed by atoms with van der Waals surface area (Å²) >= 11 is 0. The molecule has 1 aromatic heterocycles. The lowest BCUT2D eigenvalue weighted by Crippen LogP contribution is -2.47. The SMILES string of the molecule is N#Cc1cc(NCC2C3CC4CC(C3)CC2C4)ccn1. The van der Waals surface area contributed by atoms with Gasteiger partial charge in [-0.3, -0.25) is 0 Å². The Morgan fingerprint density at radius 2 is 1.85 bits per heavy atom. The fourth-order valence-corrected chi connectivity index (χ4v) is 5.21. The van der Waals surface area contributed by atoms with Crippen LogP contribution in [0.5, 0.6) is 0 Å². The molecular formula is C17H21N3. The number of nitrogens with zero attached hydrogens (tertiary/aromatic N) is 2. The van der Waals surface area contributed by atoms with Crippen molar-refractivity contribution in [2.75, 3.05) is 11.9 Å². The van der Waals surface area contributed by atoms with Gasteiger partial charge in [0.25, 0.3) is 0 Å². The molecule has 4 aliphatic rings. The van der Waals surface area contributed by atoms with Crippen molar-refractivity contribution >= 4 is 5.69 Å². The van der Waals surface area contributed by atoms with E-state index in [0.29, 0.717) is 5.69 Å². The minimum absolute atomic E-state index is 0.500. The van der Waals surface area contributed by atoms with Gasteiger partial charge in [0.05, 0.1) is 0 Å². The Labute approximate surface area is 120 Å². The Balaban J connectivity index is 1.43. The molecule has 0 unspecified atom stereocenters. The molecule has 0 atom stereocenters. The van der Waals surface area contributed by atoms with E-state index in [0.717, 1.165) is 41.8 Å². The quantitative estimate of drug-likeness (QED) is 0.912. The van der Waals surface area contributed by atoms with Crippen molar-refractivity contribution < 1.29 is 0 Å². The highest BCUT2D eigenvalue weighted by Crippen LogP contribution is 2.56. The van der Waals surface area contributed by atoms with E-state index in [-0.39, 0.29) is 0 Å². The topological polar surface area (TPSA) is 48.7 Å². The third kappa shape index (κ3) is 2.08. The Morgan fingerprint density at radius 3 is 2.50 bits per heavy atom. The lowest BCUT2D eigenvalue weighted by atomic mass is 9.52. The van der Waals surface area contributed by atoms with Crippen molar-refractivity contribution in [3.8, 4) is 6.07 Å². The van der Waals surface area contributed by atoms with E-state index in [2.05, 4.69) is 16.4 Å². The monoisotopic (exact) mass is 267 g/mol. The highest BCUT2D eigenvalue weighted by Gasteiger charge is 2.47. The van der Waals surface area contributed by atoms with Crippen LogP contribution >= 0.6 is 0 Å². The van der Waals surface area contributed by atoms with Gasteiger partial charge in [-0.2, -0.15) is 5.26 Å². The minimum atomic E-state index is 0.500. The number of aromatic nitrogens is 1. The summed E-state index contributed by atoms with van der Waals surface area (Å²) < 4.78 is 0. The molecule has 0 radical (unpaired) electrons. The smallest absolute Gasteiger partial charge is 0.142 e. The molecule has 4 fully saturated rings. The first-order valence-electron chi connectivity index (χ1n) is 7.92. The zero-order valence-electron chi connectivity index (χ0n) is 11.8. The molecule has 5 rings (SSSR count). The summed E-state index contributed by atoms with van der Waals surface area (Å²) in [6.45, 7) is 1.07. The first kappa shape index (κ1) is 12.2. The summed E-state index contributed by atoms with van der Waals surface area (Å²) in [6, 6.07) is 5.93. The maximum absolute atomic E-state index is 8.90. The van der Waals surface area contributed by atoms with Gasteiger partial charge in [0.1, 0.15) is 11.8 Å². The molecule has 0 amide bonds. The Kier molecular flexibility index (Phi) is 2.91. The molecule has 4 saturated carbocycles. The van der Waals surface area contributed by atoms with Crippen LogP contribution in [0.3, 0.4) is 0 Å². The summed E-state index contributed by atoms with van der Waals surface area (Å²) in [5.74, 6) is 4.84. The largest absolute Gasteiger partial charge is 0.385 e. The standard InChI is InChI=1S/C17H21N3/c18-9-16-8-15(1-2-19-16)20-10-17-13-4-11-3-12(6-13)7-14(17)5-11/h1-2,8,11-14,17H,3-7,10H2,(H,19,20). The summed E-state index contributed by atoms with van der Waals surface area (Å²) in [6.07, 6.45) is 9.12. The fraction of sp³-hybridized carbons (Fsp3) is 0.647. The van der Waals surface area contributed by atoms with Crippen LogP contribution in [-0.4, -0.2) is 11.5 Å². The van der Waals surface area contributed by atoms with Gasteiger partial charge >= 0.3 is 0 Å². The van der Waals surface area contributed by atoms with E-state index >= 15 is 0 Å². The van der Waals surface area contributed by atoms with E-state index in [9.17, 15) is 0 Å². The molecule has 4 aliphatic carbocycles. The van der Waals surface area contributed by atoms with E-state index in [1.165, 1.54) is 32.1 Å². The number of pyridine rings is 1. The number of hydrogen-bond donors (Lipinski definition) is 1. The lowest BCUT2D eigenvalue weighted by molar-refractivity contribution is -0.0305. The van der Waals surface area contributed by atoms with E-state index in [4.69, 9.17) is 5.26 Å². The van der Waals surface area contributed by atoms with Crippen molar-refractivity contribution in [2.45, 2.75) is 32.1 Å². The second-order valence-electron chi connectivity index (χ2n) is 7.02. The molecule has 104 valence electrons. The van der Waals surface area contributed by atoms with Crippen LogP contribution in [0.15, 0.2) is 18.3 Å². The van der Waals surface area contributed by atoms with Gasteiger partial charge in [-0.25, -0.2) is 4.98 Å². The van der Waals surface area contributed by atoms with Crippen molar-refractivity contribution in [1.82, 2.24) is 4.98 Å². The van der Waals surface area contributed by atoms with Gasteiger partial charge in [0.15, 0.2) is 0 Å². The molecule has 0 saturated heterocycles. The highest BCUT2D eigenvalue weighted by atomic mass is 14.9. The molecule has 0 aliphatic heterocycles.